The molecule has 0 unspecified atom stereocenters. The van der Waals surface area contributed by atoms with E-state index in [-0.39, 0.29) is 12.4 Å². The summed E-state index contributed by atoms with van der Waals surface area (Å²) >= 11 is 0. The first-order chi connectivity index (χ1) is 8.93. The van der Waals surface area contributed by atoms with Crippen LogP contribution in [0.1, 0.15) is 23.5 Å². The molecule has 1 saturated heterocycles. The van der Waals surface area contributed by atoms with E-state index in [1.165, 1.54) is 30.6 Å². The molecule has 1 nitrogen and oxygen atoms in total. The zero-order chi connectivity index (χ0) is 12.2. The summed E-state index contributed by atoms with van der Waals surface area (Å²) in [6.07, 6.45) is 1.25. The maximum absolute atomic E-state index is 3.37. The molecule has 0 saturated carbocycles. The Morgan fingerprint density at radius 2 is 1.32 bits per heavy atom. The van der Waals surface area contributed by atoms with Gasteiger partial charge in [0.05, 0.1) is 0 Å². The highest BCUT2D eigenvalue weighted by Crippen LogP contribution is 2.31. The Kier molecular flexibility index (Phi) is 5.00. The lowest BCUT2D eigenvalue weighted by Crippen LogP contribution is -2.42. The average molecular weight is 274 g/mol. The quantitative estimate of drug-likeness (QED) is 0.892. The van der Waals surface area contributed by atoms with Gasteiger partial charge in [-0.1, -0.05) is 60.7 Å². The van der Waals surface area contributed by atoms with Crippen molar-refractivity contribution in [2.75, 3.05) is 13.1 Å². The maximum atomic E-state index is 3.37. The van der Waals surface area contributed by atoms with Crippen molar-refractivity contribution < 1.29 is 0 Å². The van der Waals surface area contributed by atoms with Crippen molar-refractivity contribution >= 4 is 12.4 Å². The van der Waals surface area contributed by atoms with Crippen LogP contribution < -0.4 is 5.32 Å². The summed E-state index contributed by atoms with van der Waals surface area (Å²) in [6, 6.07) is 21.8. The highest BCUT2D eigenvalue weighted by atomic mass is 35.5. The molecule has 2 aromatic carbocycles. The van der Waals surface area contributed by atoms with Crippen LogP contribution in [-0.2, 0) is 0 Å². The molecule has 2 aromatic rings. The van der Waals surface area contributed by atoms with Gasteiger partial charge in [-0.15, -0.1) is 12.4 Å². The van der Waals surface area contributed by atoms with Crippen LogP contribution in [0, 0.1) is 5.92 Å². The molecule has 1 aliphatic rings. The molecule has 100 valence electrons. The molecule has 0 atom stereocenters. The Morgan fingerprint density at radius 3 is 1.68 bits per heavy atom. The first-order valence-corrected chi connectivity index (χ1v) is 6.74. The Hall–Kier alpha value is -1.31. The van der Waals surface area contributed by atoms with E-state index in [9.17, 15) is 0 Å². The van der Waals surface area contributed by atoms with Gasteiger partial charge in [0.25, 0.3) is 0 Å². The maximum Gasteiger partial charge on any atom is 0.00929 e. The van der Waals surface area contributed by atoms with Gasteiger partial charge < -0.3 is 5.32 Å². The van der Waals surface area contributed by atoms with Crippen molar-refractivity contribution in [3.8, 4) is 0 Å². The Morgan fingerprint density at radius 1 is 0.842 bits per heavy atom. The molecule has 0 amide bonds. The molecule has 1 heterocycles. The van der Waals surface area contributed by atoms with Crippen molar-refractivity contribution in [3.05, 3.63) is 71.8 Å². The SMILES string of the molecule is Cl.c1ccc(C(CC2CNC2)c2ccccc2)cc1. The zero-order valence-corrected chi connectivity index (χ0v) is 11.8. The van der Waals surface area contributed by atoms with E-state index in [2.05, 4.69) is 66.0 Å². The standard InChI is InChI=1S/C17H19N.ClH/c1-3-7-15(8-4-1)17(11-14-12-18-13-14)16-9-5-2-6-10-16;/h1-10,14,17-18H,11-13H2;1H. The van der Waals surface area contributed by atoms with Crippen LogP contribution in [0.5, 0.6) is 0 Å². The van der Waals surface area contributed by atoms with Crippen LogP contribution in [0.25, 0.3) is 0 Å². The van der Waals surface area contributed by atoms with E-state index in [0.717, 1.165) is 5.92 Å². The third-order valence-electron chi connectivity index (χ3n) is 3.84. The van der Waals surface area contributed by atoms with Crippen molar-refractivity contribution in [2.45, 2.75) is 12.3 Å². The molecular weight excluding hydrogens is 254 g/mol. The van der Waals surface area contributed by atoms with Crippen LogP contribution in [-0.4, -0.2) is 13.1 Å². The van der Waals surface area contributed by atoms with Gasteiger partial charge in [-0.25, -0.2) is 0 Å². The smallest absolute Gasteiger partial charge is 0.00929 e. The topological polar surface area (TPSA) is 12.0 Å². The Balaban J connectivity index is 0.00000133. The fourth-order valence-electron chi connectivity index (χ4n) is 2.68. The molecular formula is C17H20ClN. The third-order valence-corrected chi connectivity index (χ3v) is 3.84. The molecule has 19 heavy (non-hydrogen) atoms. The lowest BCUT2D eigenvalue weighted by Gasteiger charge is -2.31. The number of nitrogens with one attached hydrogen (secondary N) is 1. The molecule has 1 fully saturated rings. The van der Waals surface area contributed by atoms with Crippen LogP contribution in [0.3, 0.4) is 0 Å². The molecule has 1 N–H and O–H groups in total. The van der Waals surface area contributed by atoms with Crippen molar-refractivity contribution in [3.63, 3.8) is 0 Å². The number of halogens is 1. The van der Waals surface area contributed by atoms with Gasteiger partial charge >= 0.3 is 0 Å². The largest absolute Gasteiger partial charge is 0.316 e. The molecule has 2 heteroatoms. The van der Waals surface area contributed by atoms with Crippen molar-refractivity contribution in [2.24, 2.45) is 5.92 Å². The summed E-state index contributed by atoms with van der Waals surface area (Å²) in [4.78, 5) is 0. The van der Waals surface area contributed by atoms with Crippen molar-refractivity contribution in [1.29, 1.82) is 0 Å². The first-order valence-electron chi connectivity index (χ1n) is 6.74. The zero-order valence-electron chi connectivity index (χ0n) is 11.0. The van der Waals surface area contributed by atoms with E-state index >= 15 is 0 Å². The Labute approximate surface area is 121 Å². The molecule has 3 rings (SSSR count). The van der Waals surface area contributed by atoms with Gasteiger partial charge in [0.15, 0.2) is 0 Å². The predicted molar refractivity (Wildman–Crippen MR) is 83.0 cm³/mol. The first kappa shape index (κ1) is 14.1. The minimum atomic E-state index is 0. The minimum absolute atomic E-state index is 0. The van der Waals surface area contributed by atoms with E-state index in [4.69, 9.17) is 0 Å². The van der Waals surface area contributed by atoms with Gasteiger partial charge in [0, 0.05) is 5.92 Å². The number of benzene rings is 2. The van der Waals surface area contributed by atoms with Crippen LogP contribution in [0.2, 0.25) is 0 Å². The van der Waals surface area contributed by atoms with Crippen LogP contribution >= 0.6 is 12.4 Å². The lowest BCUT2D eigenvalue weighted by molar-refractivity contribution is 0.315. The summed E-state index contributed by atoms with van der Waals surface area (Å²) in [5, 5.41) is 3.37. The second-order valence-electron chi connectivity index (χ2n) is 5.13. The summed E-state index contributed by atoms with van der Waals surface area (Å²) in [5.41, 5.74) is 2.88. The van der Waals surface area contributed by atoms with Gasteiger partial charge in [-0.2, -0.15) is 0 Å². The minimum Gasteiger partial charge on any atom is -0.316 e. The highest BCUT2D eigenvalue weighted by Gasteiger charge is 2.23. The van der Waals surface area contributed by atoms with E-state index < -0.39 is 0 Å². The normalized spacial score (nSPS) is 14.8. The molecule has 0 aliphatic carbocycles. The molecule has 1 aliphatic heterocycles. The van der Waals surface area contributed by atoms with Crippen molar-refractivity contribution in [1.82, 2.24) is 5.32 Å². The van der Waals surface area contributed by atoms with Gasteiger partial charge in [-0.05, 0) is 36.6 Å². The number of rotatable bonds is 4. The lowest BCUT2D eigenvalue weighted by atomic mass is 9.82. The average Bonchev–Trinajstić information content (AvgIpc) is 2.40. The molecule has 0 radical (unpaired) electrons. The van der Waals surface area contributed by atoms with Gasteiger partial charge in [-0.3, -0.25) is 0 Å². The highest BCUT2D eigenvalue weighted by molar-refractivity contribution is 5.85. The Bertz CT molecular complexity index is 440. The van der Waals surface area contributed by atoms with E-state index in [1.807, 2.05) is 0 Å². The molecule has 0 bridgehead atoms. The summed E-state index contributed by atoms with van der Waals surface area (Å²) in [5.74, 6) is 1.37. The van der Waals surface area contributed by atoms with Crippen LogP contribution in [0.4, 0.5) is 0 Å². The summed E-state index contributed by atoms with van der Waals surface area (Å²) in [6.45, 7) is 2.35. The fraction of sp³-hybridized carbons (Fsp3) is 0.294. The second-order valence-corrected chi connectivity index (χ2v) is 5.13. The fourth-order valence-corrected chi connectivity index (χ4v) is 2.68. The summed E-state index contributed by atoms with van der Waals surface area (Å²) < 4.78 is 0. The molecule has 0 aromatic heterocycles. The van der Waals surface area contributed by atoms with Gasteiger partial charge in [0.1, 0.15) is 0 Å². The van der Waals surface area contributed by atoms with Crippen LogP contribution in [0.15, 0.2) is 60.7 Å². The number of hydrogen-bond acceptors (Lipinski definition) is 1. The monoisotopic (exact) mass is 273 g/mol. The van der Waals surface area contributed by atoms with E-state index in [1.54, 1.807) is 0 Å². The predicted octanol–water partition coefficient (Wildman–Crippen LogP) is 3.85. The molecule has 0 spiro atoms. The second kappa shape index (κ2) is 6.74. The van der Waals surface area contributed by atoms with Gasteiger partial charge in [0.2, 0.25) is 0 Å². The number of hydrogen-bond donors (Lipinski definition) is 1. The third kappa shape index (κ3) is 3.37. The summed E-state index contributed by atoms with van der Waals surface area (Å²) in [7, 11) is 0. The van der Waals surface area contributed by atoms with E-state index in [0.29, 0.717) is 5.92 Å².